The summed E-state index contributed by atoms with van der Waals surface area (Å²) in [5.74, 6) is 0.0204. The van der Waals surface area contributed by atoms with E-state index in [1.54, 1.807) is 23.5 Å². The number of nitrogens with one attached hydrogen (secondary N) is 1. The molecule has 0 aliphatic rings. The molecule has 0 aliphatic heterocycles. The first-order valence-electron chi connectivity index (χ1n) is 5.90. The summed E-state index contributed by atoms with van der Waals surface area (Å²) in [6.07, 6.45) is 0.917. The number of nitrogens with two attached hydrogens (primary N) is 1. The van der Waals surface area contributed by atoms with Gasteiger partial charge >= 0.3 is 0 Å². The highest BCUT2D eigenvalue weighted by atomic mass is 35.5. The van der Waals surface area contributed by atoms with E-state index in [2.05, 4.69) is 11.4 Å². The zero-order chi connectivity index (χ0) is 13.7. The van der Waals surface area contributed by atoms with Crippen LogP contribution in [0.15, 0.2) is 35.7 Å². The third-order valence-electron chi connectivity index (χ3n) is 2.69. The normalized spacial score (nSPS) is 10.6. The fraction of sp³-hybridized carbons (Fsp3) is 0.214. The molecule has 1 aromatic carbocycles. The van der Waals surface area contributed by atoms with E-state index < -0.39 is 0 Å². The summed E-state index contributed by atoms with van der Waals surface area (Å²) in [7, 11) is 0. The SMILES string of the molecule is N=C(N)c1ccc(COCCc2cccs2)c(Cl)c1. The molecule has 100 valence electrons. The second-order valence-corrected chi connectivity index (χ2v) is 5.54. The van der Waals surface area contributed by atoms with Gasteiger partial charge in [0.2, 0.25) is 0 Å². The van der Waals surface area contributed by atoms with Gasteiger partial charge in [-0.15, -0.1) is 11.3 Å². The first kappa shape index (κ1) is 14.1. The Morgan fingerprint density at radius 2 is 2.21 bits per heavy atom. The Labute approximate surface area is 121 Å². The number of benzene rings is 1. The standard InChI is InChI=1S/C14H15ClN2OS/c15-13-8-10(14(16)17)3-4-11(13)9-18-6-5-12-2-1-7-19-12/h1-4,7-8H,5-6,9H2,(H3,16,17). The second kappa shape index (κ2) is 6.70. The Kier molecular flexibility index (Phi) is 4.96. The number of hydrogen-bond donors (Lipinski definition) is 2. The van der Waals surface area contributed by atoms with Crippen molar-refractivity contribution in [1.29, 1.82) is 5.41 Å². The molecule has 5 heteroatoms. The van der Waals surface area contributed by atoms with Crippen molar-refractivity contribution in [2.75, 3.05) is 6.61 Å². The van der Waals surface area contributed by atoms with Crippen LogP contribution in [0, 0.1) is 5.41 Å². The highest BCUT2D eigenvalue weighted by Gasteiger charge is 2.04. The summed E-state index contributed by atoms with van der Waals surface area (Å²) in [5, 5.41) is 9.99. The summed E-state index contributed by atoms with van der Waals surface area (Å²) < 4.78 is 5.61. The van der Waals surface area contributed by atoms with Crippen molar-refractivity contribution in [2.45, 2.75) is 13.0 Å². The lowest BCUT2D eigenvalue weighted by Gasteiger charge is -2.07. The number of hydrogen-bond acceptors (Lipinski definition) is 3. The van der Waals surface area contributed by atoms with Crippen LogP contribution in [0.2, 0.25) is 5.02 Å². The molecular weight excluding hydrogens is 280 g/mol. The zero-order valence-electron chi connectivity index (χ0n) is 10.4. The van der Waals surface area contributed by atoms with Crippen molar-refractivity contribution >= 4 is 28.8 Å². The molecule has 3 N–H and O–H groups in total. The van der Waals surface area contributed by atoms with Crippen LogP contribution in [0.25, 0.3) is 0 Å². The summed E-state index contributed by atoms with van der Waals surface area (Å²) in [6, 6.07) is 9.47. The first-order chi connectivity index (χ1) is 9.16. The number of rotatable bonds is 6. The Bertz CT molecular complexity index is 555. The predicted octanol–water partition coefficient (Wildman–Crippen LogP) is 3.44. The molecule has 0 aliphatic carbocycles. The second-order valence-electron chi connectivity index (χ2n) is 4.10. The molecule has 0 atom stereocenters. The third kappa shape index (κ3) is 4.06. The van der Waals surface area contributed by atoms with Crippen molar-refractivity contribution in [3.05, 3.63) is 56.7 Å². The van der Waals surface area contributed by atoms with Crippen molar-refractivity contribution in [3.63, 3.8) is 0 Å². The molecule has 2 aromatic rings. The molecular formula is C14H15ClN2OS. The summed E-state index contributed by atoms with van der Waals surface area (Å²) in [4.78, 5) is 1.32. The Morgan fingerprint density at radius 3 is 2.84 bits per heavy atom. The average molecular weight is 295 g/mol. The molecule has 0 saturated carbocycles. The molecule has 19 heavy (non-hydrogen) atoms. The van der Waals surface area contributed by atoms with Crippen molar-refractivity contribution in [3.8, 4) is 0 Å². The summed E-state index contributed by atoms with van der Waals surface area (Å²) in [5.41, 5.74) is 6.95. The average Bonchev–Trinajstić information content (AvgIpc) is 2.89. The molecule has 0 saturated heterocycles. The van der Waals surface area contributed by atoms with Crippen LogP contribution < -0.4 is 5.73 Å². The smallest absolute Gasteiger partial charge is 0.122 e. The maximum absolute atomic E-state index is 7.34. The highest BCUT2D eigenvalue weighted by Crippen LogP contribution is 2.19. The van der Waals surface area contributed by atoms with Gasteiger partial charge in [-0.25, -0.2) is 0 Å². The van der Waals surface area contributed by atoms with E-state index in [9.17, 15) is 0 Å². The molecule has 0 radical (unpaired) electrons. The quantitative estimate of drug-likeness (QED) is 0.487. The Balaban J connectivity index is 1.84. The zero-order valence-corrected chi connectivity index (χ0v) is 11.9. The Hall–Kier alpha value is -1.36. The Morgan fingerprint density at radius 1 is 1.37 bits per heavy atom. The lowest BCUT2D eigenvalue weighted by molar-refractivity contribution is 0.124. The van der Waals surface area contributed by atoms with E-state index in [4.69, 9.17) is 27.5 Å². The minimum Gasteiger partial charge on any atom is -0.384 e. The van der Waals surface area contributed by atoms with E-state index in [0.29, 0.717) is 23.8 Å². The van der Waals surface area contributed by atoms with Gasteiger partial charge in [0.15, 0.2) is 0 Å². The van der Waals surface area contributed by atoms with Crippen LogP contribution in [-0.2, 0) is 17.8 Å². The maximum Gasteiger partial charge on any atom is 0.122 e. The molecule has 1 heterocycles. The molecule has 0 bridgehead atoms. The molecule has 3 nitrogen and oxygen atoms in total. The van der Waals surface area contributed by atoms with Crippen LogP contribution in [0.1, 0.15) is 16.0 Å². The predicted molar refractivity (Wildman–Crippen MR) is 80.1 cm³/mol. The van der Waals surface area contributed by atoms with E-state index in [1.165, 1.54) is 4.88 Å². The number of halogens is 1. The topological polar surface area (TPSA) is 59.1 Å². The van der Waals surface area contributed by atoms with E-state index >= 15 is 0 Å². The van der Waals surface area contributed by atoms with Gasteiger partial charge in [-0.05, 0) is 23.1 Å². The van der Waals surface area contributed by atoms with Crippen LogP contribution in [-0.4, -0.2) is 12.4 Å². The van der Waals surface area contributed by atoms with Crippen molar-refractivity contribution in [2.24, 2.45) is 5.73 Å². The van der Waals surface area contributed by atoms with E-state index in [-0.39, 0.29) is 5.84 Å². The largest absolute Gasteiger partial charge is 0.384 e. The minimum absolute atomic E-state index is 0.0204. The molecule has 0 spiro atoms. The first-order valence-corrected chi connectivity index (χ1v) is 7.15. The molecule has 0 fully saturated rings. The van der Waals surface area contributed by atoms with Gasteiger partial charge in [-0.3, -0.25) is 5.41 Å². The van der Waals surface area contributed by atoms with Crippen molar-refractivity contribution < 1.29 is 4.74 Å². The van der Waals surface area contributed by atoms with Gasteiger partial charge in [-0.1, -0.05) is 29.8 Å². The number of thiophene rings is 1. The number of ether oxygens (including phenoxy) is 1. The summed E-state index contributed by atoms with van der Waals surface area (Å²) in [6.45, 7) is 1.15. The van der Waals surface area contributed by atoms with Crippen molar-refractivity contribution in [1.82, 2.24) is 0 Å². The number of amidine groups is 1. The van der Waals surface area contributed by atoms with Gasteiger partial charge in [0.05, 0.1) is 13.2 Å². The van der Waals surface area contributed by atoms with Crippen LogP contribution in [0.3, 0.4) is 0 Å². The fourth-order valence-electron chi connectivity index (χ4n) is 1.64. The fourth-order valence-corrected chi connectivity index (χ4v) is 2.57. The van der Waals surface area contributed by atoms with Crippen LogP contribution >= 0.6 is 22.9 Å². The molecule has 0 unspecified atom stereocenters. The van der Waals surface area contributed by atoms with Crippen LogP contribution in [0.4, 0.5) is 0 Å². The monoisotopic (exact) mass is 294 g/mol. The summed E-state index contributed by atoms with van der Waals surface area (Å²) >= 11 is 7.86. The van der Waals surface area contributed by atoms with Crippen LogP contribution in [0.5, 0.6) is 0 Å². The van der Waals surface area contributed by atoms with Gasteiger partial charge in [0.25, 0.3) is 0 Å². The lowest BCUT2D eigenvalue weighted by Crippen LogP contribution is -2.11. The van der Waals surface area contributed by atoms with E-state index in [0.717, 1.165) is 12.0 Å². The minimum atomic E-state index is 0.0204. The van der Waals surface area contributed by atoms with E-state index in [1.807, 2.05) is 12.1 Å². The lowest BCUT2D eigenvalue weighted by atomic mass is 10.1. The van der Waals surface area contributed by atoms with Gasteiger partial charge < -0.3 is 10.5 Å². The molecule has 0 amide bonds. The highest BCUT2D eigenvalue weighted by molar-refractivity contribution is 7.09. The third-order valence-corrected chi connectivity index (χ3v) is 3.98. The van der Waals surface area contributed by atoms with Gasteiger partial charge in [0.1, 0.15) is 5.84 Å². The van der Waals surface area contributed by atoms with Gasteiger partial charge in [-0.2, -0.15) is 0 Å². The van der Waals surface area contributed by atoms with Gasteiger partial charge in [0, 0.05) is 21.9 Å². The molecule has 2 rings (SSSR count). The maximum atomic E-state index is 7.34. The number of nitrogen functional groups attached to an aromatic ring is 1. The molecule has 1 aromatic heterocycles.